The summed E-state index contributed by atoms with van der Waals surface area (Å²) in [6.07, 6.45) is 18.2. The van der Waals surface area contributed by atoms with Crippen LogP contribution in [-0.2, 0) is 27.1 Å². The van der Waals surface area contributed by atoms with Crippen molar-refractivity contribution in [2.24, 2.45) is 34.5 Å². The number of hydrogen-bond acceptors (Lipinski definition) is 6. The fraction of sp³-hybridized carbons (Fsp3) is 0.600. The van der Waals surface area contributed by atoms with Crippen molar-refractivity contribution in [2.45, 2.75) is 89.3 Å². The van der Waals surface area contributed by atoms with Crippen molar-refractivity contribution in [1.29, 1.82) is 0 Å². The molecule has 0 heterocycles. The van der Waals surface area contributed by atoms with Gasteiger partial charge < -0.3 is 29.2 Å². The summed E-state index contributed by atoms with van der Waals surface area (Å²) in [7, 11) is 3.35. The Morgan fingerprint density at radius 1 is 0.717 bits per heavy atom. The number of hydrogen-bond donors (Lipinski definition) is 2. The van der Waals surface area contributed by atoms with Gasteiger partial charge in [-0.25, -0.2) is 0 Å². The number of aryl methyl sites for hydroxylation is 2. The number of aliphatic hydroxyl groups excluding tert-OH is 1. The van der Waals surface area contributed by atoms with E-state index in [4.69, 9.17) is 18.9 Å². The number of aliphatic hydroxyl groups is 1. The lowest BCUT2D eigenvalue weighted by Crippen LogP contribution is -2.45. The largest absolute Gasteiger partial charge is 0.508 e. The van der Waals surface area contributed by atoms with E-state index in [0.717, 1.165) is 31.4 Å². The summed E-state index contributed by atoms with van der Waals surface area (Å²) in [5, 5.41) is 20.0. The van der Waals surface area contributed by atoms with Crippen LogP contribution >= 0.6 is 0 Å². The lowest BCUT2D eigenvalue weighted by atomic mass is 9.55. The topological polar surface area (TPSA) is 77.4 Å². The Labute approximate surface area is 274 Å². The maximum Gasteiger partial charge on any atom is 0.188 e. The second kappa shape index (κ2) is 12.8. The average molecular weight is 629 g/mol. The van der Waals surface area contributed by atoms with E-state index in [1.165, 1.54) is 47.9 Å². The lowest BCUT2D eigenvalue weighted by Gasteiger charge is -2.50. The zero-order valence-electron chi connectivity index (χ0n) is 28.0. The highest BCUT2D eigenvalue weighted by atomic mass is 16.7. The van der Waals surface area contributed by atoms with Crippen LogP contribution in [0, 0.1) is 34.5 Å². The van der Waals surface area contributed by atoms with E-state index in [2.05, 4.69) is 56.3 Å². The minimum absolute atomic E-state index is 0.0512. The summed E-state index contributed by atoms with van der Waals surface area (Å²) < 4.78 is 21.8. The Morgan fingerprint density at radius 2 is 1.33 bits per heavy atom. The average Bonchev–Trinajstić information content (AvgIpc) is 3.57. The van der Waals surface area contributed by atoms with Gasteiger partial charge >= 0.3 is 0 Å². The third-order valence-corrected chi connectivity index (χ3v) is 13.0. The first kappa shape index (κ1) is 31.9. The van der Waals surface area contributed by atoms with Gasteiger partial charge in [0.1, 0.15) is 18.3 Å². The van der Waals surface area contributed by atoms with Gasteiger partial charge in [0.25, 0.3) is 0 Å². The molecule has 248 valence electrons. The van der Waals surface area contributed by atoms with Gasteiger partial charge in [0.15, 0.2) is 6.79 Å². The molecule has 2 fully saturated rings. The first-order chi connectivity index (χ1) is 22.3. The molecule has 6 heteroatoms. The molecule has 8 rings (SSSR count). The minimum atomic E-state index is -0.269. The predicted molar refractivity (Wildman–Crippen MR) is 179 cm³/mol. The van der Waals surface area contributed by atoms with E-state index in [0.29, 0.717) is 54.8 Å². The normalized spacial score (nSPS) is 37.9. The molecular weight excluding hydrogens is 576 g/mol. The van der Waals surface area contributed by atoms with Gasteiger partial charge in [-0.3, -0.25) is 0 Å². The predicted octanol–water partition coefficient (Wildman–Crippen LogP) is 7.68. The number of allylic oxidation sites excluding steroid dienone is 2. The highest BCUT2D eigenvalue weighted by molar-refractivity contribution is 5.42. The van der Waals surface area contributed by atoms with Crippen LogP contribution in [0.5, 0.6) is 11.5 Å². The van der Waals surface area contributed by atoms with Gasteiger partial charge in [0.2, 0.25) is 0 Å². The van der Waals surface area contributed by atoms with Gasteiger partial charge in [-0.1, -0.05) is 50.3 Å². The van der Waals surface area contributed by atoms with Crippen LogP contribution in [0.4, 0.5) is 0 Å². The Bertz CT molecular complexity index is 1470. The number of aromatic hydroxyl groups is 1. The summed E-state index contributed by atoms with van der Waals surface area (Å²) in [4.78, 5) is 0. The maximum absolute atomic E-state index is 10.3. The zero-order chi connectivity index (χ0) is 32.1. The molecule has 0 aromatic heterocycles. The molecule has 2 saturated carbocycles. The number of benzene rings is 2. The first-order valence-corrected chi connectivity index (χ1v) is 17.5. The van der Waals surface area contributed by atoms with E-state index < -0.39 is 0 Å². The number of phenols is 1. The number of rotatable bonds is 6. The van der Waals surface area contributed by atoms with Crippen molar-refractivity contribution < 1.29 is 29.2 Å². The van der Waals surface area contributed by atoms with E-state index >= 15 is 0 Å². The van der Waals surface area contributed by atoms with Gasteiger partial charge in [-0.05, 0) is 133 Å². The van der Waals surface area contributed by atoms with Crippen molar-refractivity contribution in [3.8, 4) is 11.5 Å². The fourth-order valence-corrected chi connectivity index (χ4v) is 10.6. The monoisotopic (exact) mass is 628 g/mol. The summed E-state index contributed by atoms with van der Waals surface area (Å²) in [6, 6.07) is 12.5. The summed E-state index contributed by atoms with van der Waals surface area (Å²) in [6.45, 7) is 5.34. The van der Waals surface area contributed by atoms with Crippen LogP contribution in [0.25, 0.3) is 0 Å². The van der Waals surface area contributed by atoms with Crippen LogP contribution in [0.1, 0.15) is 86.5 Å². The molecule has 2 N–H and O–H groups in total. The zero-order valence-corrected chi connectivity index (χ0v) is 28.0. The molecule has 6 nitrogen and oxygen atoms in total. The molecule has 2 aromatic rings. The molecule has 0 spiro atoms. The second-order valence-corrected chi connectivity index (χ2v) is 15.3. The van der Waals surface area contributed by atoms with Gasteiger partial charge in [-0.15, -0.1) is 0 Å². The summed E-state index contributed by atoms with van der Waals surface area (Å²) in [5.74, 6) is 5.03. The third kappa shape index (κ3) is 5.43. The molecule has 6 unspecified atom stereocenters. The van der Waals surface area contributed by atoms with Gasteiger partial charge in [0, 0.05) is 25.0 Å². The number of ether oxygens (including phenoxy) is 4. The molecule has 0 saturated heterocycles. The van der Waals surface area contributed by atoms with E-state index in [9.17, 15) is 10.2 Å². The van der Waals surface area contributed by atoms with Crippen LogP contribution in [-0.4, -0.2) is 50.2 Å². The maximum atomic E-state index is 10.3. The highest BCUT2D eigenvalue weighted by Crippen LogP contribution is 2.60. The standard InChI is InChI=1S/C22H30O4.C18H22O2/c1-22-11-10-18-17-7-5-16(25-13-23-2)12-15(17)4-6-19(18)20(22)8-9-21(22)26-14-24-3;1-18-9-8-14-13-5-3-12(19)10-11(13)2-4-15(14)16(18)6-7-17(18)20/h5,7-9,12,18-21H,4,6,10-11,13-14H2,1-3H3;3,5-7,10,14-17,19-20H,2,4,8-9H2,1H3/t18?,19?,20?,21-,22-;14?,15?,16?,17-,18-/m00/s1. The van der Waals surface area contributed by atoms with Crippen LogP contribution in [0.2, 0.25) is 0 Å². The Hall–Kier alpha value is -2.64. The van der Waals surface area contributed by atoms with Gasteiger partial charge in [0.05, 0.1) is 12.2 Å². The molecular formula is C40H52O6. The van der Waals surface area contributed by atoms with Crippen molar-refractivity contribution in [2.75, 3.05) is 27.8 Å². The first-order valence-electron chi connectivity index (χ1n) is 17.5. The molecule has 0 radical (unpaired) electrons. The minimum Gasteiger partial charge on any atom is -0.508 e. The number of methoxy groups -OCH3 is 2. The van der Waals surface area contributed by atoms with E-state index in [-0.39, 0.29) is 23.0 Å². The molecule has 0 aliphatic heterocycles. The molecule has 2 aromatic carbocycles. The van der Waals surface area contributed by atoms with Crippen LogP contribution in [0.15, 0.2) is 60.7 Å². The van der Waals surface area contributed by atoms with Crippen LogP contribution < -0.4 is 4.74 Å². The van der Waals surface area contributed by atoms with Crippen LogP contribution in [0.3, 0.4) is 0 Å². The van der Waals surface area contributed by atoms with Crippen molar-refractivity contribution in [3.05, 3.63) is 83.0 Å². The lowest BCUT2D eigenvalue weighted by molar-refractivity contribution is -0.114. The van der Waals surface area contributed by atoms with Gasteiger partial charge in [-0.2, -0.15) is 0 Å². The van der Waals surface area contributed by atoms with Crippen molar-refractivity contribution in [3.63, 3.8) is 0 Å². The SMILES string of the molecule is COCOc1ccc2c(c1)CCC1C2CC[C@@]2(C)C1C=C[C@@H]2OCOC.C[C@]12CCC3c4ccc(O)cc4CCC3C1C=C[C@@H]2O. The highest BCUT2D eigenvalue weighted by Gasteiger charge is 2.54. The molecule has 0 amide bonds. The molecule has 6 aliphatic rings. The number of fused-ring (bicyclic) bond motifs is 10. The Kier molecular flexibility index (Phi) is 8.86. The van der Waals surface area contributed by atoms with E-state index in [1.54, 1.807) is 14.2 Å². The van der Waals surface area contributed by atoms with E-state index in [1.807, 2.05) is 18.2 Å². The van der Waals surface area contributed by atoms with Crippen molar-refractivity contribution in [1.82, 2.24) is 0 Å². The molecule has 0 bridgehead atoms. The molecule has 6 aliphatic carbocycles. The number of phenolic OH excluding ortho intramolecular Hbond substituents is 1. The molecule has 10 atom stereocenters. The molecule has 46 heavy (non-hydrogen) atoms. The Morgan fingerprint density at radius 3 is 2.02 bits per heavy atom. The smallest absolute Gasteiger partial charge is 0.188 e. The second-order valence-electron chi connectivity index (χ2n) is 15.3. The summed E-state index contributed by atoms with van der Waals surface area (Å²) in [5.41, 5.74) is 6.02. The quantitative estimate of drug-likeness (QED) is 0.253. The Balaban J connectivity index is 0.000000152. The third-order valence-electron chi connectivity index (χ3n) is 13.0. The van der Waals surface area contributed by atoms with Crippen molar-refractivity contribution >= 4 is 0 Å². The fourth-order valence-electron chi connectivity index (χ4n) is 10.6. The summed E-state index contributed by atoms with van der Waals surface area (Å²) >= 11 is 0.